The molecule has 0 bridgehead atoms. The maximum Gasteiger partial charge on any atom is 0.167 e. The Balaban J connectivity index is 3.12. The van der Waals surface area contributed by atoms with E-state index in [4.69, 9.17) is 17.1 Å². The maximum atomic E-state index is 8.42. The first-order chi connectivity index (χ1) is 4.88. The van der Waals surface area contributed by atoms with E-state index in [-0.39, 0.29) is 0 Å². The predicted molar refractivity (Wildman–Crippen MR) is 35.4 cm³/mol. The minimum Gasteiger partial charge on any atom is -0.384 e. The fourth-order valence-electron chi connectivity index (χ4n) is 0.533. The van der Waals surface area contributed by atoms with Crippen molar-refractivity contribution in [3.63, 3.8) is 0 Å². The second-order valence-electron chi connectivity index (χ2n) is 1.56. The van der Waals surface area contributed by atoms with Crippen LogP contribution in [0.4, 0.5) is 0 Å². The van der Waals surface area contributed by atoms with Gasteiger partial charge in [0.2, 0.25) is 0 Å². The third-order valence-corrected chi connectivity index (χ3v) is 1.15. The Morgan fingerprint density at radius 2 is 2.50 bits per heavy atom. The first kappa shape index (κ1) is 6.84. The van der Waals surface area contributed by atoms with Crippen LogP contribution in [0.25, 0.3) is 0 Å². The zero-order valence-corrected chi connectivity index (χ0v) is 5.67. The third kappa shape index (κ3) is 1.17. The van der Waals surface area contributed by atoms with Crippen molar-refractivity contribution in [2.45, 2.75) is 0 Å². The first-order valence-electron chi connectivity index (χ1n) is 2.51. The molecule has 0 atom stereocenters. The number of nitrogens with zero attached hydrogens (tertiary/aromatic N) is 2. The summed E-state index contributed by atoms with van der Waals surface area (Å²) in [5, 5.41) is 8.42. The minimum absolute atomic E-state index is 0.331. The quantitative estimate of drug-likeness (QED) is 0.616. The Hall–Kier alpha value is -1.27. The second kappa shape index (κ2) is 3.04. The van der Waals surface area contributed by atoms with E-state index in [0.29, 0.717) is 11.3 Å². The van der Waals surface area contributed by atoms with E-state index in [2.05, 4.69) is 9.27 Å². The molecule has 0 aliphatic rings. The van der Waals surface area contributed by atoms with Crippen molar-refractivity contribution in [1.82, 2.24) is 4.98 Å². The lowest BCUT2D eigenvalue weighted by Crippen LogP contribution is -1.82. The summed E-state index contributed by atoms with van der Waals surface area (Å²) in [5.74, 6) is 0.333. The van der Waals surface area contributed by atoms with Crippen LogP contribution in [0.1, 0.15) is 5.56 Å². The van der Waals surface area contributed by atoms with Crippen molar-refractivity contribution in [2.75, 3.05) is 0 Å². The van der Waals surface area contributed by atoms with Gasteiger partial charge in [0.05, 0.1) is 0 Å². The highest BCUT2D eigenvalue weighted by Crippen LogP contribution is 2.15. The van der Waals surface area contributed by atoms with E-state index < -0.39 is 0 Å². The summed E-state index contributed by atoms with van der Waals surface area (Å²) < 4.78 is 4.35. The molecule has 50 valence electrons. The molecular weight excluding hydrogens is 152 g/mol. The lowest BCUT2D eigenvalue weighted by Gasteiger charge is -1.94. The molecule has 0 aliphatic carbocycles. The molecule has 0 unspecified atom stereocenters. The Morgan fingerprint density at radius 1 is 1.70 bits per heavy atom. The van der Waals surface area contributed by atoms with Gasteiger partial charge in [-0.3, -0.25) is 4.98 Å². The molecule has 0 saturated heterocycles. The van der Waals surface area contributed by atoms with Crippen molar-refractivity contribution in [3.05, 3.63) is 24.0 Å². The summed E-state index contributed by atoms with van der Waals surface area (Å²) in [4.78, 5) is 3.70. The maximum absolute atomic E-state index is 8.42. The Kier molecular flexibility index (Phi) is 2.08. The zero-order valence-electron chi connectivity index (χ0n) is 4.91. The Morgan fingerprint density at radius 3 is 3.00 bits per heavy atom. The van der Waals surface area contributed by atoms with Gasteiger partial charge in [-0.15, -0.1) is 0 Å². The standard InChI is InChI=1S/C6H3ClN2O/c7-10-6-1-2-9-4-5(6)3-8/h1-2,4H. The molecule has 0 amide bonds. The van der Waals surface area contributed by atoms with Gasteiger partial charge in [-0.2, -0.15) is 5.26 Å². The number of rotatable bonds is 1. The van der Waals surface area contributed by atoms with Crippen molar-refractivity contribution in [2.24, 2.45) is 0 Å². The van der Waals surface area contributed by atoms with Crippen LogP contribution in [0, 0.1) is 11.3 Å². The van der Waals surface area contributed by atoms with Gasteiger partial charge < -0.3 is 4.29 Å². The van der Waals surface area contributed by atoms with Crippen LogP contribution < -0.4 is 4.29 Å². The summed E-state index contributed by atoms with van der Waals surface area (Å²) in [7, 11) is 0. The van der Waals surface area contributed by atoms with Crippen molar-refractivity contribution >= 4 is 11.9 Å². The number of nitriles is 1. The van der Waals surface area contributed by atoms with E-state index >= 15 is 0 Å². The van der Waals surface area contributed by atoms with Gasteiger partial charge in [0.25, 0.3) is 0 Å². The number of hydrogen-bond donors (Lipinski definition) is 0. The van der Waals surface area contributed by atoms with Gasteiger partial charge in [0.1, 0.15) is 23.5 Å². The summed E-state index contributed by atoms with van der Waals surface area (Å²) in [6.45, 7) is 0. The van der Waals surface area contributed by atoms with Crippen LogP contribution >= 0.6 is 11.9 Å². The van der Waals surface area contributed by atoms with Gasteiger partial charge in [-0.25, -0.2) is 0 Å². The number of aromatic nitrogens is 1. The highest BCUT2D eigenvalue weighted by atomic mass is 35.5. The van der Waals surface area contributed by atoms with Crippen molar-refractivity contribution in [3.8, 4) is 11.8 Å². The largest absolute Gasteiger partial charge is 0.384 e. The number of hydrogen-bond acceptors (Lipinski definition) is 3. The smallest absolute Gasteiger partial charge is 0.167 e. The van der Waals surface area contributed by atoms with E-state index in [1.807, 2.05) is 6.07 Å². The van der Waals surface area contributed by atoms with Gasteiger partial charge in [-0.1, -0.05) is 0 Å². The summed E-state index contributed by atoms with van der Waals surface area (Å²) in [6, 6.07) is 3.39. The SMILES string of the molecule is N#Cc1cnccc1OCl. The van der Waals surface area contributed by atoms with E-state index in [1.54, 1.807) is 0 Å². The molecule has 0 aliphatic heterocycles. The van der Waals surface area contributed by atoms with Gasteiger partial charge in [0.15, 0.2) is 5.75 Å². The fraction of sp³-hybridized carbons (Fsp3) is 0. The minimum atomic E-state index is 0.331. The molecule has 0 saturated carbocycles. The van der Waals surface area contributed by atoms with Crippen LogP contribution in [0.3, 0.4) is 0 Å². The molecule has 0 radical (unpaired) electrons. The molecular formula is C6H3ClN2O. The molecule has 0 aromatic carbocycles. The van der Waals surface area contributed by atoms with Crippen LogP contribution in [0.5, 0.6) is 5.75 Å². The summed E-state index contributed by atoms with van der Waals surface area (Å²) >= 11 is 5.03. The zero-order chi connectivity index (χ0) is 7.40. The highest BCUT2D eigenvalue weighted by Gasteiger charge is 1.99. The molecule has 3 nitrogen and oxygen atoms in total. The van der Waals surface area contributed by atoms with E-state index in [9.17, 15) is 0 Å². The second-order valence-corrected chi connectivity index (χ2v) is 1.72. The number of pyridine rings is 1. The first-order valence-corrected chi connectivity index (χ1v) is 2.82. The van der Waals surface area contributed by atoms with Gasteiger partial charge >= 0.3 is 0 Å². The van der Waals surface area contributed by atoms with E-state index in [0.717, 1.165) is 0 Å². The highest BCUT2D eigenvalue weighted by molar-refractivity contribution is 6.09. The average Bonchev–Trinajstić information content (AvgIpc) is 2.04. The fourth-order valence-corrected chi connectivity index (χ4v) is 0.667. The van der Waals surface area contributed by atoms with Crippen LogP contribution in [0.15, 0.2) is 18.5 Å². The average molecular weight is 155 g/mol. The molecule has 1 heterocycles. The molecule has 1 aromatic heterocycles. The molecule has 1 rings (SSSR count). The van der Waals surface area contributed by atoms with Crippen LogP contribution in [-0.2, 0) is 0 Å². The van der Waals surface area contributed by atoms with Crippen molar-refractivity contribution in [1.29, 1.82) is 5.26 Å². The lowest BCUT2D eigenvalue weighted by atomic mass is 10.3. The predicted octanol–water partition coefficient (Wildman–Crippen LogP) is 1.49. The monoisotopic (exact) mass is 154 g/mol. The van der Waals surface area contributed by atoms with Crippen LogP contribution in [-0.4, -0.2) is 4.98 Å². The topological polar surface area (TPSA) is 45.9 Å². The van der Waals surface area contributed by atoms with Crippen LogP contribution in [0.2, 0.25) is 0 Å². The molecule has 10 heavy (non-hydrogen) atoms. The Bertz CT molecular complexity index is 269. The summed E-state index contributed by atoms with van der Waals surface area (Å²) in [5.41, 5.74) is 0.331. The van der Waals surface area contributed by atoms with E-state index in [1.165, 1.54) is 18.5 Å². The lowest BCUT2D eigenvalue weighted by molar-refractivity contribution is 0.615. The molecule has 4 heteroatoms. The molecule has 0 spiro atoms. The Labute approximate surface area is 63.0 Å². The molecule has 1 aromatic rings. The van der Waals surface area contributed by atoms with Crippen molar-refractivity contribution < 1.29 is 4.29 Å². The summed E-state index contributed by atoms with van der Waals surface area (Å²) in [6.07, 6.45) is 2.89. The third-order valence-electron chi connectivity index (χ3n) is 0.985. The molecule has 0 fully saturated rings. The normalized spacial score (nSPS) is 8.40. The van der Waals surface area contributed by atoms with Gasteiger partial charge in [0, 0.05) is 18.5 Å². The number of halogens is 1. The molecule has 0 N–H and O–H groups in total. The van der Waals surface area contributed by atoms with Gasteiger partial charge in [-0.05, 0) is 0 Å².